The summed E-state index contributed by atoms with van der Waals surface area (Å²) >= 11 is 0. The summed E-state index contributed by atoms with van der Waals surface area (Å²) in [5.41, 5.74) is 7.10. The molecule has 0 radical (unpaired) electrons. The summed E-state index contributed by atoms with van der Waals surface area (Å²) in [4.78, 5) is 4.21. The lowest BCUT2D eigenvalue weighted by molar-refractivity contribution is 0.628. The molecule has 4 rings (SSSR count). The summed E-state index contributed by atoms with van der Waals surface area (Å²) in [5, 5.41) is 18.2. The van der Waals surface area contributed by atoms with Crippen molar-refractivity contribution >= 4 is 12.4 Å². The van der Waals surface area contributed by atoms with Crippen molar-refractivity contribution in [2.24, 2.45) is 12.0 Å². The summed E-state index contributed by atoms with van der Waals surface area (Å²) in [6.45, 7) is 7.61. The highest BCUT2D eigenvalue weighted by Gasteiger charge is 2.20. The number of hydrogen-bond acceptors (Lipinski definition) is 3. The van der Waals surface area contributed by atoms with Gasteiger partial charge in [0.05, 0.1) is 28.7 Å². The van der Waals surface area contributed by atoms with Crippen LogP contribution in [0.25, 0.3) is 28.1 Å². The van der Waals surface area contributed by atoms with Crippen LogP contribution in [0.1, 0.15) is 16.8 Å². The van der Waals surface area contributed by atoms with E-state index >= 15 is 0 Å². The Morgan fingerprint density at radius 1 is 1.03 bits per heavy atom. The minimum Gasteiger partial charge on any atom is -0.317 e. The molecule has 1 N–H and O–H groups in total. The van der Waals surface area contributed by atoms with E-state index in [1.54, 1.807) is 22.8 Å². The van der Waals surface area contributed by atoms with Gasteiger partial charge < -0.3 is 4.57 Å². The Kier molecular flexibility index (Phi) is 5.33. The Labute approximate surface area is 185 Å². The van der Waals surface area contributed by atoms with Gasteiger partial charge in [-0.05, 0) is 73.7 Å². The zero-order chi connectivity index (χ0) is 23.0. The Balaban J connectivity index is 2.06. The number of hydrogen-bond donors (Lipinski definition) is 1. The van der Waals surface area contributed by atoms with Crippen molar-refractivity contribution in [1.82, 2.24) is 9.13 Å². The second-order valence-corrected chi connectivity index (χ2v) is 7.67. The van der Waals surface area contributed by atoms with Crippen LogP contribution in [0.15, 0.2) is 65.7 Å². The Bertz CT molecular complexity index is 1470. The number of rotatable bonds is 4. The average molecular weight is 423 g/mol. The number of nitrogens with one attached hydrogen (secondary N) is 1. The molecule has 1 aromatic heterocycles. The molecule has 0 aliphatic heterocycles. The molecular weight excluding hydrogens is 401 g/mol. The zero-order valence-corrected chi connectivity index (χ0v) is 18.1. The van der Waals surface area contributed by atoms with E-state index < -0.39 is 0 Å². The van der Waals surface area contributed by atoms with E-state index in [9.17, 15) is 9.65 Å². The molecule has 0 aliphatic carbocycles. The number of aliphatic imine (C=N–C) groups is 1. The van der Waals surface area contributed by atoms with Crippen LogP contribution >= 0.6 is 0 Å². The fraction of sp³-hybridized carbons (Fsp3) is 0.115. The molecule has 0 saturated heterocycles. The van der Waals surface area contributed by atoms with Gasteiger partial charge in [-0.25, -0.2) is 4.39 Å². The number of nitrogens with zero attached hydrogens (tertiary/aromatic N) is 4. The van der Waals surface area contributed by atoms with Crippen LogP contribution in [0.4, 0.5) is 10.1 Å². The number of benzene rings is 3. The van der Waals surface area contributed by atoms with Crippen molar-refractivity contribution in [3.63, 3.8) is 0 Å². The smallest absolute Gasteiger partial charge is 0.207 e. The van der Waals surface area contributed by atoms with Gasteiger partial charge in [0.2, 0.25) is 5.62 Å². The first-order chi connectivity index (χ1) is 15.3. The van der Waals surface area contributed by atoms with E-state index in [0.29, 0.717) is 11.3 Å². The second-order valence-electron chi connectivity index (χ2n) is 7.67. The van der Waals surface area contributed by atoms with Crippen LogP contribution in [0, 0.1) is 36.4 Å². The van der Waals surface area contributed by atoms with E-state index in [0.717, 1.165) is 39.3 Å². The van der Waals surface area contributed by atoms with Gasteiger partial charge in [-0.3, -0.25) is 15.0 Å². The lowest BCUT2D eigenvalue weighted by Crippen LogP contribution is -2.22. The Hall–Kier alpha value is -4.24. The van der Waals surface area contributed by atoms with E-state index in [2.05, 4.69) is 17.8 Å². The molecule has 5 nitrogen and oxygen atoms in total. The Morgan fingerprint density at radius 2 is 1.78 bits per heavy atom. The minimum atomic E-state index is -0.307. The van der Waals surface area contributed by atoms with Gasteiger partial charge in [0, 0.05) is 18.3 Å². The summed E-state index contributed by atoms with van der Waals surface area (Å²) in [7, 11) is 1.83. The Morgan fingerprint density at radius 3 is 2.47 bits per heavy atom. The lowest BCUT2D eigenvalue weighted by atomic mass is 9.99. The van der Waals surface area contributed by atoms with Crippen molar-refractivity contribution < 1.29 is 4.39 Å². The summed E-state index contributed by atoms with van der Waals surface area (Å²) in [5.74, 6) is -0.307. The maximum Gasteiger partial charge on any atom is 0.207 e. The van der Waals surface area contributed by atoms with Crippen LogP contribution < -0.4 is 5.62 Å². The normalized spacial score (nSPS) is 10.7. The number of halogens is 1. The highest BCUT2D eigenvalue weighted by Crippen LogP contribution is 2.37. The topological polar surface area (TPSA) is 69.9 Å². The van der Waals surface area contributed by atoms with Crippen molar-refractivity contribution in [1.29, 1.82) is 10.7 Å². The van der Waals surface area contributed by atoms with Gasteiger partial charge in [-0.15, -0.1) is 0 Å². The maximum atomic E-state index is 13.9. The summed E-state index contributed by atoms with van der Waals surface area (Å²) in [6.07, 6.45) is 0. The molecule has 0 fully saturated rings. The molecule has 32 heavy (non-hydrogen) atoms. The van der Waals surface area contributed by atoms with Crippen molar-refractivity contribution in [2.45, 2.75) is 13.8 Å². The minimum absolute atomic E-state index is 0.266. The van der Waals surface area contributed by atoms with Crippen molar-refractivity contribution in [2.75, 3.05) is 0 Å². The van der Waals surface area contributed by atoms with Crippen LogP contribution in [0.3, 0.4) is 0 Å². The molecule has 0 atom stereocenters. The standard InChI is InChI=1S/C26H22FN5/c1-16-8-9-18(15-28)12-24(16)32-25(17(2)31(4)26(32)29)22-14-20(10-11-23(22)30-3)19-6-5-7-21(27)13-19/h5-14,29H,3H2,1-2,4H3. The van der Waals surface area contributed by atoms with Gasteiger partial charge in [-0.1, -0.05) is 24.3 Å². The highest BCUT2D eigenvalue weighted by molar-refractivity contribution is 5.83. The third-order valence-corrected chi connectivity index (χ3v) is 5.76. The molecule has 6 heteroatoms. The van der Waals surface area contributed by atoms with Crippen LogP contribution in [0.5, 0.6) is 0 Å². The predicted molar refractivity (Wildman–Crippen MR) is 125 cm³/mol. The maximum absolute atomic E-state index is 13.9. The van der Waals surface area contributed by atoms with Gasteiger partial charge >= 0.3 is 0 Å². The highest BCUT2D eigenvalue weighted by atomic mass is 19.1. The molecule has 158 valence electrons. The molecule has 0 unspecified atom stereocenters. The molecule has 0 saturated carbocycles. The third kappa shape index (κ3) is 3.44. The van der Waals surface area contributed by atoms with E-state index in [-0.39, 0.29) is 11.4 Å². The fourth-order valence-electron chi connectivity index (χ4n) is 3.92. The summed E-state index contributed by atoms with van der Waals surface area (Å²) < 4.78 is 17.5. The first kappa shape index (κ1) is 21.0. The molecule has 4 aromatic rings. The van der Waals surface area contributed by atoms with Crippen molar-refractivity contribution in [3.8, 4) is 34.1 Å². The quantitative estimate of drug-likeness (QED) is 0.427. The molecule has 1 heterocycles. The van der Waals surface area contributed by atoms with Gasteiger partial charge in [-0.2, -0.15) is 5.26 Å². The van der Waals surface area contributed by atoms with E-state index in [1.165, 1.54) is 12.1 Å². The van der Waals surface area contributed by atoms with E-state index in [1.807, 2.05) is 55.8 Å². The molecule has 0 aliphatic rings. The second kappa shape index (κ2) is 8.12. The van der Waals surface area contributed by atoms with Crippen LogP contribution in [-0.2, 0) is 7.05 Å². The SMILES string of the molecule is C=Nc1ccc(-c2cccc(F)c2)cc1-c1c(C)n(C)c(=N)n1-c1cc(C#N)ccc1C. The summed E-state index contributed by atoms with van der Waals surface area (Å²) in [6, 6.07) is 19.7. The predicted octanol–water partition coefficient (Wildman–Crippen LogP) is 5.59. The number of aromatic nitrogens is 2. The molecule has 3 aromatic carbocycles. The van der Waals surface area contributed by atoms with Crippen LogP contribution in [0.2, 0.25) is 0 Å². The van der Waals surface area contributed by atoms with Gasteiger partial charge in [0.25, 0.3) is 0 Å². The first-order valence-corrected chi connectivity index (χ1v) is 10.1. The number of aryl methyl sites for hydroxylation is 1. The first-order valence-electron chi connectivity index (χ1n) is 10.1. The number of nitriles is 1. The van der Waals surface area contributed by atoms with E-state index in [4.69, 9.17) is 5.41 Å². The van der Waals surface area contributed by atoms with Crippen molar-refractivity contribution in [3.05, 3.63) is 88.9 Å². The third-order valence-electron chi connectivity index (χ3n) is 5.76. The molecule has 0 bridgehead atoms. The monoisotopic (exact) mass is 423 g/mol. The zero-order valence-electron chi connectivity index (χ0n) is 18.1. The van der Waals surface area contributed by atoms with Gasteiger partial charge in [0.15, 0.2) is 0 Å². The average Bonchev–Trinajstić information content (AvgIpc) is 3.02. The lowest BCUT2D eigenvalue weighted by Gasteiger charge is -2.15. The van der Waals surface area contributed by atoms with Gasteiger partial charge in [0.1, 0.15) is 5.82 Å². The fourth-order valence-corrected chi connectivity index (χ4v) is 3.92. The largest absolute Gasteiger partial charge is 0.317 e. The van der Waals surface area contributed by atoms with Crippen LogP contribution in [-0.4, -0.2) is 15.9 Å². The molecule has 0 amide bonds. The molecule has 0 spiro atoms. The number of imidazole rings is 1. The molecular formula is C26H22FN5.